The van der Waals surface area contributed by atoms with Crippen LogP contribution in [0.5, 0.6) is 0 Å². The van der Waals surface area contributed by atoms with Gasteiger partial charge in [-0.15, -0.1) is 0 Å². The third-order valence-electron chi connectivity index (χ3n) is 2.79. The highest BCUT2D eigenvalue weighted by Crippen LogP contribution is 2.21. The van der Waals surface area contributed by atoms with Crippen molar-refractivity contribution in [1.82, 2.24) is 4.90 Å². The smallest absolute Gasteiger partial charge is 0.258 e. The summed E-state index contributed by atoms with van der Waals surface area (Å²) in [7, 11) is 1.66. The average Bonchev–Trinajstić information content (AvgIpc) is 2.39. The van der Waals surface area contributed by atoms with Crippen molar-refractivity contribution in [2.75, 3.05) is 7.05 Å². The molecule has 0 saturated carbocycles. The van der Waals surface area contributed by atoms with Gasteiger partial charge in [0.2, 0.25) is 0 Å². The lowest BCUT2D eigenvalue weighted by molar-refractivity contribution is 0.0779. The van der Waals surface area contributed by atoms with Gasteiger partial charge in [0, 0.05) is 18.1 Å². The Labute approximate surface area is 120 Å². The number of rotatable bonds is 3. The maximum Gasteiger partial charge on any atom is 0.258 e. The molecule has 0 aliphatic heterocycles. The molecule has 98 valence electrons. The molecule has 0 saturated heterocycles. The molecule has 19 heavy (non-hydrogen) atoms. The summed E-state index contributed by atoms with van der Waals surface area (Å²) in [5, 5.41) is 0. The molecule has 0 bridgehead atoms. The first kappa shape index (κ1) is 13.7. The SMILES string of the molecule is CN(Cc1ccccc1)C(=O)c1c(F)cccc1Br. The van der Waals surface area contributed by atoms with E-state index in [0.29, 0.717) is 11.0 Å². The van der Waals surface area contributed by atoms with Gasteiger partial charge in [-0.3, -0.25) is 4.79 Å². The van der Waals surface area contributed by atoms with E-state index < -0.39 is 5.82 Å². The Kier molecular flexibility index (Phi) is 4.32. The van der Waals surface area contributed by atoms with E-state index in [2.05, 4.69) is 15.9 Å². The molecular weight excluding hydrogens is 309 g/mol. The molecule has 0 aromatic heterocycles. The summed E-state index contributed by atoms with van der Waals surface area (Å²) in [6.07, 6.45) is 0. The maximum atomic E-state index is 13.7. The van der Waals surface area contributed by atoms with Crippen molar-refractivity contribution in [3.8, 4) is 0 Å². The highest BCUT2D eigenvalue weighted by molar-refractivity contribution is 9.10. The quantitative estimate of drug-likeness (QED) is 0.840. The van der Waals surface area contributed by atoms with Gasteiger partial charge < -0.3 is 4.90 Å². The van der Waals surface area contributed by atoms with Crippen molar-refractivity contribution in [2.45, 2.75) is 6.54 Å². The summed E-state index contributed by atoms with van der Waals surface area (Å²) in [5.41, 5.74) is 1.08. The number of hydrogen-bond donors (Lipinski definition) is 0. The van der Waals surface area contributed by atoms with Crippen LogP contribution < -0.4 is 0 Å². The van der Waals surface area contributed by atoms with E-state index in [4.69, 9.17) is 0 Å². The first-order valence-corrected chi connectivity index (χ1v) is 6.62. The predicted octanol–water partition coefficient (Wildman–Crippen LogP) is 3.86. The summed E-state index contributed by atoms with van der Waals surface area (Å²) in [4.78, 5) is 13.7. The van der Waals surface area contributed by atoms with E-state index in [-0.39, 0.29) is 11.5 Å². The highest BCUT2D eigenvalue weighted by atomic mass is 79.9. The lowest BCUT2D eigenvalue weighted by Crippen LogP contribution is -2.27. The number of nitrogens with zero attached hydrogens (tertiary/aromatic N) is 1. The van der Waals surface area contributed by atoms with Gasteiger partial charge in [-0.25, -0.2) is 4.39 Å². The third kappa shape index (κ3) is 3.20. The van der Waals surface area contributed by atoms with Gasteiger partial charge in [0.15, 0.2) is 0 Å². The standard InChI is InChI=1S/C15H13BrFNO/c1-18(10-11-6-3-2-4-7-11)15(19)14-12(16)8-5-9-13(14)17/h2-9H,10H2,1H3. The molecule has 2 nitrogen and oxygen atoms in total. The summed E-state index contributed by atoms with van der Waals surface area (Å²) in [6, 6.07) is 14.1. The Morgan fingerprint density at radius 3 is 2.47 bits per heavy atom. The number of carbonyl (C=O) groups is 1. The van der Waals surface area contributed by atoms with E-state index in [1.165, 1.54) is 11.0 Å². The van der Waals surface area contributed by atoms with Crippen LogP contribution in [0, 0.1) is 5.82 Å². The van der Waals surface area contributed by atoms with E-state index in [9.17, 15) is 9.18 Å². The van der Waals surface area contributed by atoms with Gasteiger partial charge in [-0.05, 0) is 33.6 Å². The van der Waals surface area contributed by atoms with Crippen molar-refractivity contribution in [2.24, 2.45) is 0 Å². The monoisotopic (exact) mass is 321 g/mol. The van der Waals surface area contributed by atoms with Crippen LogP contribution in [0.4, 0.5) is 4.39 Å². The molecule has 0 heterocycles. The van der Waals surface area contributed by atoms with Gasteiger partial charge in [-0.1, -0.05) is 36.4 Å². The predicted molar refractivity (Wildman–Crippen MR) is 76.3 cm³/mol. The lowest BCUT2D eigenvalue weighted by Gasteiger charge is -2.18. The van der Waals surface area contributed by atoms with E-state index in [1.807, 2.05) is 30.3 Å². The minimum Gasteiger partial charge on any atom is -0.337 e. The van der Waals surface area contributed by atoms with Gasteiger partial charge in [0.1, 0.15) is 5.82 Å². The van der Waals surface area contributed by atoms with Crippen LogP contribution in [0.25, 0.3) is 0 Å². The molecule has 0 spiro atoms. The zero-order chi connectivity index (χ0) is 13.8. The molecule has 4 heteroatoms. The summed E-state index contributed by atoms with van der Waals surface area (Å²) in [5.74, 6) is -0.854. The number of hydrogen-bond acceptors (Lipinski definition) is 1. The van der Waals surface area contributed by atoms with Crippen LogP contribution in [0.15, 0.2) is 53.0 Å². The molecule has 2 aromatic carbocycles. The molecule has 0 fully saturated rings. The topological polar surface area (TPSA) is 20.3 Å². The molecule has 2 aromatic rings. The normalized spacial score (nSPS) is 10.3. The van der Waals surface area contributed by atoms with Crippen LogP contribution in [-0.4, -0.2) is 17.9 Å². The molecule has 0 atom stereocenters. The molecule has 0 aliphatic carbocycles. The fourth-order valence-electron chi connectivity index (χ4n) is 1.82. The minimum absolute atomic E-state index is 0.0703. The highest BCUT2D eigenvalue weighted by Gasteiger charge is 2.19. The lowest BCUT2D eigenvalue weighted by atomic mass is 10.1. The molecule has 0 aliphatic rings. The molecule has 0 unspecified atom stereocenters. The Morgan fingerprint density at radius 1 is 1.16 bits per heavy atom. The fourth-order valence-corrected chi connectivity index (χ4v) is 2.33. The Bertz CT molecular complexity index is 566. The molecule has 0 N–H and O–H groups in total. The van der Waals surface area contributed by atoms with Crippen LogP contribution in [0.1, 0.15) is 15.9 Å². The third-order valence-corrected chi connectivity index (χ3v) is 3.45. The maximum absolute atomic E-state index is 13.7. The van der Waals surface area contributed by atoms with Crippen molar-refractivity contribution in [1.29, 1.82) is 0 Å². The summed E-state index contributed by atoms with van der Waals surface area (Å²) >= 11 is 3.21. The molecular formula is C15H13BrFNO. The van der Waals surface area contributed by atoms with E-state index in [0.717, 1.165) is 5.56 Å². The number of halogens is 2. The van der Waals surface area contributed by atoms with Crippen LogP contribution >= 0.6 is 15.9 Å². The number of carbonyl (C=O) groups excluding carboxylic acids is 1. The molecule has 0 radical (unpaired) electrons. The Hall–Kier alpha value is -1.68. The first-order valence-electron chi connectivity index (χ1n) is 5.83. The van der Waals surface area contributed by atoms with Crippen LogP contribution in [0.2, 0.25) is 0 Å². The summed E-state index contributed by atoms with van der Waals surface area (Å²) < 4.78 is 14.2. The van der Waals surface area contributed by atoms with Gasteiger partial charge in [0.25, 0.3) is 5.91 Å². The van der Waals surface area contributed by atoms with Crippen molar-refractivity contribution in [3.63, 3.8) is 0 Å². The van der Waals surface area contributed by atoms with Crippen molar-refractivity contribution >= 4 is 21.8 Å². The van der Waals surface area contributed by atoms with Crippen LogP contribution in [-0.2, 0) is 6.54 Å². The van der Waals surface area contributed by atoms with E-state index in [1.54, 1.807) is 19.2 Å². The first-order chi connectivity index (χ1) is 9.09. The summed E-state index contributed by atoms with van der Waals surface area (Å²) in [6.45, 7) is 0.445. The fraction of sp³-hybridized carbons (Fsp3) is 0.133. The molecule has 1 amide bonds. The molecule has 2 rings (SSSR count). The zero-order valence-electron chi connectivity index (χ0n) is 10.4. The second kappa shape index (κ2) is 5.97. The van der Waals surface area contributed by atoms with Crippen molar-refractivity contribution < 1.29 is 9.18 Å². The second-order valence-electron chi connectivity index (χ2n) is 4.24. The van der Waals surface area contributed by atoms with Crippen molar-refractivity contribution in [3.05, 3.63) is 69.9 Å². The van der Waals surface area contributed by atoms with Gasteiger partial charge >= 0.3 is 0 Å². The van der Waals surface area contributed by atoms with Crippen LogP contribution in [0.3, 0.4) is 0 Å². The zero-order valence-corrected chi connectivity index (χ0v) is 12.0. The van der Waals surface area contributed by atoms with E-state index >= 15 is 0 Å². The van der Waals surface area contributed by atoms with Gasteiger partial charge in [-0.2, -0.15) is 0 Å². The average molecular weight is 322 g/mol. The minimum atomic E-state index is -0.515. The Balaban J connectivity index is 2.20. The second-order valence-corrected chi connectivity index (χ2v) is 5.10. The Morgan fingerprint density at radius 2 is 1.84 bits per heavy atom. The number of amides is 1. The largest absolute Gasteiger partial charge is 0.337 e. The number of benzene rings is 2. The van der Waals surface area contributed by atoms with Gasteiger partial charge in [0.05, 0.1) is 5.56 Å².